The second-order valence-corrected chi connectivity index (χ2v) is 6.54. The highest BCUT2D eigenvalue weighted by atomic mass is 14.9. The molecule has 1 N–H and O–H groups in total. The van der Waals surface area contributed by atoms with E-state index in [1.807, 2.05) is 24.3 Å². The lowest BCUT2D eigenvalue weighted by atomic mass is 9.86. The highest BCUT2D eigenvalue weighted by Gasteiger charge is 2.16. The van der Waals surface area contributed by atoms with Crippen molar-refractivity contribution in [1.29, 1.82) is 0 Å². The van der Waals surface area contributed by atoms with E-state index in [1.54, 1.807) is 0 Å². The molecule has 2 aromatic heterocycles. The molecule has 0 radical (unpaired) electrons. The maximum Gasteiger partial charge on any atom is 0.157 e. The molecule has 0 aliphatic rings. The Morgan fingerprint density at radius 2 is 1.62 bits per heavy atom. The Morgan fingerprint density at radius 1 is 0.905 bits per heavy atom. The van der Waals surface area contributed by atoms with Crippen LogP contribution in [0, 0.1) is 0 Å². The number of aromatic amines is 1. The molecule has 0 aliphatic carbocycles. The van der Waals surface area contributed by atoms with Crippen molar-refractivity contribution in [3.63, 3.8) is 0 Å². The van der Waals surface area contributed by atoms with Gasteiger partial charge in [-0.2, -0.15) is 0 Å². The summed E-state index contributed by atoms with van der Waals surface area (Å²) < 4.78 is 0. The minimum atomic E-state index is 0.127. The Kier molecular flexibility index (Phi) is 2.37. The minimum absolute atomic E-state index is 0.127. The first-order valence-corrected chi connectivity index (χ1v) is 7.21. The van der Waals surface area contributed by atoms with E-state index in [4.69, 9.17) is 4.98 Å². The highest BCUT2D eigenvalue weighted by molar-refractivity contribution is 6.05. The van der Waals surface area contributed by atoms with Gasteiger partial charge in [-0.15, -0.1) is 0 Å². The van der Waals surface area contributed by atoms with Gasteiger partial charge in [0.05, 0.1) is 11.0 Å². The molecule has 0 saturated heterocycles. The van der Waals surface area contributed by atoms with Crippen LogP contribution in [0.5, 0.6) is 0 Å². The van der Waals surface area contributed by atoms with Crippen LogP contribution in [0.25, 0.3) is 33.1 Å². The highest BCUT2D eigenvalue weighted by Crippen LogP contribution is 2.30. The van der Waals surface area contributed by atoms with Gasteiger partial charge >= 0.3 is 0 Å². The summed E-state index contributed by atoms with van der Waals surface area (Å²) >= 11 is 0. The summed E-state index contributed by atoms with van der Waals surface area (Å²) in [5, 5.41) is 1.15. The van der Waals surface area contributed by atoms with Gasteiger partial charge in [0.1, 0.15) is 5.52 Å². The molecule has 0 unspecified atom stereocenters. The zero-order valence-corrected chi connectivity index (χ0v) is 12.4. The molecule has 0 fully saturated rings. The van der Waals surface area contributed by atoms with Gasteiger partial charge in [-0.1, -0.05) is 39.0 Å². The van der Waals surface area contributed by atoms with Crippen LogP contribution < -0.4 is 0 Å². The first-order chi connectivity index (χ1) is 10.0. The number of benzene rings is 2. The minimum Gasteiger partial charge on any atom is -0.338 e. The van der Waals surface area contributed by atoms with Crippen molar-refractivity contribution in [1.82, 2.24) is 15.0 Å². The average Bonchev–Trinajstić information content (AvgIpc) is 2.80. The van der Waals surface area contributed by atoms with E-state index in [0.717, 1.165) is 33.1 Å². The van der Waals surface area contributed by atoms with Crippen molar-refractivity contribution in [3.8, 4) is 0 Å². The number of para-hydroxylation sites is 2. The fourth-order valence-electron chi connectivity index (χ4n) is 2.72. The van der Waals surface area contributed by atoms with Crippen molar-refractivity contribution in [3.05, 3.63) is 48.0 Å². The molecule has 3 nitrogen and oxygen atoms in total. The first-order valence-electron chi connectivity index (χ1n) is 7.21. The van der Waals surface area contributed by atoms with Crippen molar-refractivity contribution >= 4 is 33.1 Å². The van der Waals surface area contributed by atoms with Gasteiger partial charge in [-0.25, -0.2) is 9.97 Å². The first kappa shape index (κ1) is 12.3. The molecule has 2 aromatic carbocycles. The molecule has 0 aliphatic heterocycles. The summed E-state index contributed by atoms with van der Waals surface area (Å²) in [5.41, 5.74) is 6.20. The molecular formula is C18H17N3. The predicted molar refractivity (Wildman–Crippen MR) is 87.6 cm³/mol. The number of aromatic nitrogens is 3. The molecule has 4 aromatic rings. The SMILES string of the molecule is CC(C)(C)c1ccc2[nH]c3nc4ccccc4nc3c2c1. The number of nitrogens with zero attached hydrogens (tertiary/aromatic N) is 2. The zero-order chi connectivity index (χ0) is 14.6. The summed E-state index contributed by atoms with van der Waals surface area (Å²) in [5.74, 6) is 0. The standard InChI is InChI=1S/C18H17N3/c1-18(2,3)11-8-9-13-12(10-11)16-17(20-13)21-15-7-5-4-6-14(15)19-16/h4-10H,1-3H3,(H,20,21). The molecule has 0 atom stereocenters. The second kappa shape index (κ2) is 4.04. The number of nitrogens with one attached hydrogen (secondary N) is 1. The van der Waals surface area contributed by atoms with E-state index in [2.05, 4.69) is 48.9 Å². The second-order valence-electron chi connectivity index (χ2n) is 6.54. The van der Waals surface area contributed by atoms with Crippen LogP contribution in [0.3, 0.4) is 0 Å². The molecule has 0 saturated carbocycles. The zero-order valence-electron chi connectivity index (χ0n) is 12.4. The largest absolute Gasteiger partial charge is 0.338 e. The molecule has 3 heteroatoms. The number of fused-ring (bicyclic) bond motifs is 4. The van der Waals surface area contributed by atoms with Crippen molar-refractivity contribution in [2.75, 3.05) is 0 Å². The fourth-order valence-corrected chi connectivity index (χ4v) is 2.72. The van der Waals surface area contributed by atoms with Gasteiger partial charge in [0.15, 0.2) is 5.65 Å². The predicted octanol–water partition coefficient (Wildman–Crippen LogP) is 4.56. The third kappa shape index (κ3) is 1.88. The molecule has 21 heavy (non-hydrogen) atoms. The van der Waals surface area contributed by atoms with E-state index in [0.29, 0.717) is 0 Å². The fraction of sp³-hybridized carbons (Fsp3) is 0.222. The third-order valence-electron chi connectivity index (χ3n) is 3.96. The van der Waals surface area contributed by atoms with E-state index in [1.165, 1.54) is 5.56 Å². The van der Waals surface area contributed by atoms with Crippen LogP contribution in [-0.2, 0) is 5.41 Å². The van der Waals surface area contributed by atoms with Crippen LogP contribution in [0.15, 0.2) is 42.5 Å². The normalized spacial score (nSPS) is 12.5. The van der Waals surface area contributed by atoms with E-state index >= 15 is 0 Å². The van der Waals surface area contributed by atoms with Crippen LogP contribution in [0.2, 0.25) is 0 Å². The third-order valence-corrected chi connectivity index (χ3v) is 3.96. The summed E-state index contributed by atoms with van der Waals surface area (Å²) in [6.07, 6.45) is 0. The summed E-state index contributed by atoms with van der Waals surface area (Å²) in [6, 6.07) is 14.5. The van der Waals surface area contributed by atoms with E-state index < -0.39 is 0 Å². The molecular weight excluding hydrogens is 258 g/mol. The van der Waals surface area contributed by atoms with E-state index in [9.17, 15) is 0 Å². The Balaban J connectivity index is 2.11. The summed E-state index contributed by atoms with van der Waals surface area (Å²) in [4.78, 5) is 12.9. The Bertz CT molecular complexity index is 974. The topological polar surface area (TPSA) is 41.6 Å². The van der Waals surface area contributed by atoms with Gasteiger partial charge in [0.25, 0.3) is 0 Å². The quantitative estimate of drug-likeness (QED) is 0.511. The lowest BCUT2D eigenvalue weighted by Gasteiger charge is -2.18. The van der Waals surface area contributed by atoms with E-state index in [-0.39, 0.29) is 5.41 Å². The summed E-state index contributed by atoms with van der Waals surface area (Å²) in [6.45, 7) is 6.68. The van der Waals surface area contributed by atoms with Gasteiger partial charge < -0.3 is 4.98 Å². The van der Waals surface area contributed by atoms with Crippen LogP contribution >= 0.6 is 0 Å². The van der Waals surface area contributed by atoms with Crippen molar-refractivity contribution in [2.45, 2.75) is 26.2 Å². The lowest BCUT2D eigenvalue weighted by Crippen LogP contribution is -2.10. The number of hydrogen-bond donors (Lipinski definition) is 1. The Labute approximate surface area is 123 Å². The number of hydrogen-bond acceptors (Lipinski definition) is 2. The van der Waals surface area contributed by atoms with Crippen LogP contribution in [-0.4, -0.2) is 15.0 Å². The molecule has 0 bridgehead atoms. The van der Waals surface area contributed by atoms with Crippen molar-refractivity contribution < 1.29 is 0 Å². The molecule has 4 rings (SSSR count). The average molecular weight is 275 g/mol. The maximum atomic E-state index is 4.80. The lowest BCUT2D eigenvalue weighted by molar-refractivity contribution is 0.591. The number of H-pyrrole nitrogens is 1. The monoisotopic (exact) mass is 275 g/mol. The van der Waals surface area contributed by atoms with Gasteiger partial charge in [0.2, 0.25) is 0 Å². The molecule has 104 valence electrons. The van der Waals surface area contributed by atoms with Gasteiger partial charge in [0, 0.05) is 10.9 Å². The Hall–Kier alpha value is -2.42. The molecule has 2 heterocycles. The Morgan fingerprint density at radius 3 is 2.33 bits per heavy atom. The number of rotatable bonds is 0. The summed E-state index contributed by atoms with van der Waals surface area (Å²) in [7, 11) is 0. The van der Waals surface area contributed by atoms with Crippen LogP contribution in [0.1, 0.15) is 26.3 Å². The van der Waals surface area contributed by atoms with Gasteiger partial charge in [-0.3, -0.25) is 0 Å². The smallest absolute Gasteiger partial charge is 0.157 e. The maximum absolute atomic E-state index is 4.80. The molecule has 0 spiro atoms. The van der Waals surface area contributed by atoms with Crippen LogP contribution in [0.4, 0.5) is 0 Å². The van der Waals surface area contributed by atoms with Crippen molar-refractivity contribution in [2.24, 2.45) is 0 Å². The van der Waals surface area contributed by atoms with Gasteiger partial charge in [-0.05, 0) is 35.2 Å². The molecule has 0 amide bonds.